The summed E-state index contributed by atoms with van der Waals surface area (Å²) in [5, 5.41) is 1.29. The van der Waals surface area contributed by atoms with Crippen LogP contribution in [0.4, 0.5) is 5.69 Å². The van der Waals surface area contributed by atoms with Gasteiger partial charge < -0.3 is 9.88 Å². The van der Waals surface area contributed by atoms with Crippen LogP contribution in [0.2, 0.25) is 0 Å². The molecule has 0 spiro atoms. The standard InChI is InChI=1S/C18H16BrN3/c19-14-3-4-18-16(10-14)17(12-21-18)13-5-8-22(9-6-13)15-2-1-7-20-11-15/h1-5,7,10-12,21H,6,8-9H2. The highest BCUT2D eigenvalue weighted by Gasteiger charge is 2.16. The largest absolute Gasteiger partial charge is 0.366 e. The Hall–Kier alpha value is -2.07. The van der Waals surface area contributed by atoms with Gasteiger partial charge >= 0.3 is 0 Å². The summed E-state index contributed by atoms with van der Waals surface area (Å²) in [5.74, 6) is 0. The van der Waals surface area contributed by atoms with E-state index in [9.17, 15) is 0 Å². The van der Waals surface area contributed by atoms with Crippen LogP contribution in [-0.4, -0.2) is 23.1 Å². The van der Waals surface area contributed by atoms with Gasteiger partial charge in [-0.1, -0.05) is 22.0 Å². The van der Waals surface area contributed by atoms with Gasteiger partial charge in [0.05, 0.1) is 11.9 Å². The summed E-state index contributed by atoms with van der Waals surface area (Å²) in [6.45, 7) is 1.96. The molecule has 0 radical (unpaired) electrons. The molecule has 0 bridgehead atoms. The number of fused-ring (bicyclic) bond motifs is 1. The summed E-state index contributed by atoms with van der Waals surface area (Å²) in [7, 11) is 0. The summed E-state index contributed by atoms with van der Waals surface area (Å²) in [5.41, 5.74) is 5.12. The molecule has 0 saturated carbocycles. The molecule has 22 heavy (non-hydrogen) atoms. The first-order valence-corrected chi connectivity index (χ1v) is 8.21. The summed E-state index contributed by atoms with van der Waals surface area (Å²) >= 11 is 3.57. The van der Waals surface area contributed by atoms with Gasteiger partial charge in [-0.05, 0) is 42.3 Å². The number of aromatic amines is 1. The highest BCUT2D eigenvalue weighted by atomic mass is 79.9. The molecule has 0 atom stereocenters. The molecule has 4 heteroatoms. The lowest BCUT2D eigenvalue weighted by Crippen LogP contribution is -2.28. The van der Waals surface area contributed by atoms with Crippen molar-refractivity contribution < 1.29 is 0 Å². The maximum absolute atomic E-state index is 4.21. The predicted molar refractivity (Wildman–Crippen MR) is 95.0 cm³/mol. The van der Waals surface area contributed by atoms with Gasteiger partial charge in [-0.2, -0.15) is 0 Å². The lowest BCUT2D eigenvalue weighted by atomic mass is 9.99. The molecule has 0 saturated heterocycles. The number of halogens is 1. The summed E-state index contributed by atoms with van der Waals surface area (Å²) in [4.78, 5) is 9.94. The van der Waals surface area contributed by atoms with Gasteiger partial charge in [0.15, 0.2) is 0 Å². The second-order valence-electron chi connectivity index (χ2n) is 5.53. The third kappa shape index (κ3) is 2.44. The number of nitrogens with zero attached hydrogens (tertiary/aromatic N) is 2. The molecule has 1 aromatic carbocycles. The van der Waals surface area contributed by atoms with Gasteiger partial charge in [0, 0.05) is 46.4 Å². The summed E-state index contributed by atoms with van der Waals surface area (Å²) in [6.07, 6.45) is 9.26. The number of hydrogen-bond donors (Lipinski definition) is 1. The Morgan fingerprint density at radius 2 is 2.18 bits per heavy atom. The lowest BCUT2D eigenvalue weighted by molar-refractivity contribution is 0.830. The number of rotatable bonds is 2. The van der Waals surface area contributed by atoms with Crippen LogP contribution < -0.4 is 4.90 Å². The van der Waals surface area contributed by atoms with Crippen LogP contribution in [0.25, 0.3) is 16.5 Å². The topological polar surface area (TPSA) is 31.9 Å². The van der Waals surface area contributed by atoms with Crippen LogP contribution in [0.1, 0.15) is 12.0 Å². The fourth-order valence-corrected chi connectivity index (χ4v) is 3.41. The van der Waals surface area contributed by atoms with Crippen molar-refractivity contribution >= 4 is 38.1 Å². The van der Waals surface area contributed by atoms with Crippen LogP contribution in [0.3, 0.4) is 0 Å². The van der Waals surface area contributed by atoms with Crippen molar-refractivity contribution in [1.82, 2.24) is 9.97 Å². The van der Waals surface area contributed by atoms with Gasteiger partial charge in [0.1, 0.15) is 0 Å². The average molecular weight is 354 g/mol. The number of nitrogens with one attached hydrogen (secondary N) is 1. The highest BCUT2D eigenvalue weighted by Crippen LogP contribution is 2.31. The Bertz CT molecular complexity index is 836. The minimum atomic E-state index is 0.932. The maximum atomic E-state index is 4.21. The van der Waals surface area contributed by atoms with Crippen molar-refractivity contribution in [1.29, 1.82) is 0 Å². The molecule has 3 heterocycles. The molecule has 0 aliphatic carbocycles. The molecule has 3 aromatic rings. The summed E-state index contributed by atoms with van der Waals surface area (Å²) in [6, 6.07) is 10.5. The van der Waals surface area contributed by atoms with Crippen LogP contribution in [-0.2, 0) is 0 Å². The number of benzene rings is 1. The average Bonchev–Trinajstić information content (AvgIpc) is 2.99. The molecule has 1 aliphatic rings. The van der Waals surface area contributed by atoms with Crippen LogP contribution in [0, 0.1) is 0 Å². The van der Waals surface area contributed by atoms with Gasteiger partial charge in [0.2, 0.25) is 0 Å². The highest BCUT2D eigenvalue weighted by molar-refractivity contribution is 9.10. The molecule has 3 nitrogen and oxygen atoms in total. The SMILES string of the molecule is Brc1ccc2[nH]cc(C3=CCN(c4cccnc4)CC3)c2c1. The Labute approximate surface area is 137 Å². The van der Waals surface area contributed by atoms with Crippen molar-refractivity contribution in [2.24, 2.45) is 0 Å². The number of pyridine rings is 1. The molecule has 0 amide bonds. The van der Waals surface area contributed by atoms with Gasteiger partial charge in [0.25, 0.3) is 0 Å². The smallest absolute Gasteiger partial charge is 0.0555 e. The second kappa shape index (κ2) is 5.61. The predicted octanol–water partition coefficient (Wildman–Crippen LogP) is 4.62. The van der Waals surface area contributed by atoms with Gasteiger partial charge in [-0.15, -0.1) is 0 Å². The Morgan fingerprint density at radius 3 is 2.95 bits per heavy atom. The van der Waals surface area contributed by atoms with E-state index < -0.39 is 0 Å². The van der Waals surface area contributed by atoms with Crippen molar-refractivity contribution in [2.45, 2.75) is 6.42 Å². The van der Waals surface area contributed by atoms with E-state index in [1.54, 1.807) is 0 Å². The molecular formula is C18H16BrN3. The van der Waals surface area contributed by atoms with E-state index >= 15 is 0 Å². The fourth-order valence-electron chi connectivity index (χ4n) is 3.05. The molecule has 110 valence electrons. The molecule has 0 unspecified atom stereocenters. The third-order valence-corrected chi connectivity index (χ3v) is 4.70. The number of aromatic nitrogens is 2. The molecule has 1 N–H and O–H groups in total. The van der Waals surface area contributed by atoms with E-state index in [0.29, 0.717) is 0 Å². The van der Waals surface area contributed by atoms with E-state index in [1.165, 1.54) is 27.7 Å². The lowest BCUT2D eigenvalue weighted by Gasteiger charge is -2.28. The molecular weight excluding hydrogens is 338 g/mol. The summed E-state index contributed by atoms with van der Waals surface area (Å²) < 4.78 is 1.12. The quantitative estimate of drug-likeness (QED) is 0.728. The zero-order chi connectivity index (χ0) is 14.9. The van der Waals surface area contributed by atoms with Crippen molar-refractivity contribution in [3.63, 3.8) is 0 Å². The minimum Gasteiger partial charge on any atom is -0.366 e. The van der Waals surface area contributed by atoms with E-state index in [0.717, 1.165) is 24.0 Å². The van der Waals surface area contributed by atoms with Crippen LogP contribution in [0.15, 0.2) is 59.5 Å². The normalized spacial score (nSPS) is 15.1. The molecule has 0 fully saturated rings. The van der Waals surface area contributed by atoms with E-state index in [2.05, 4.69) is 67.3 Å². The first kappa shape index (κ1) is 13.6. The Morgan fingerprint density at radius 1 is 1.23 bits per heavy atom. The van der Waals surface area contributed by atoms with Crippen LogP contribution in [0.5, 0.6) is 0 Å². The zero-order valence-corrected chi connectivity index (χ0v) is 13.7. The van der Waals surface area contributed by atoms with E-state index in [4.69, 9.17) is 0 Å². The third-order valence-electron chi connectivity index (χ3n) is 4.21. The number of hydrogen-bond acceptors (Lipinski definition) is 2. The first-order chi connectivity index (χ1) is 10.8. The minimum absolute atomic E-state index is 0.932. The van der Waals surface area contributed by atoms with E-state index in [1.807, 2.05) is 18.5 Å². The number of H-pyrrole nitrogens is 1. The molecule has 2 aromatic heterocycles. The Balaban J connectivity index is 1.64. The number of anilines is 1. The van der Waals surface area contributed by atoms with Gasteiger partial charge in [-0.3, -0.25) is 4.98 Å². The fraction of sp³-hybridized carbons (Fsp3) is 0.167. The van der Waals surface area contributed by atoms with E-state index in [-0.39, 0.29) is 0 Å². The first-order valence-electron chi connectivity index (χ1n) is 7.42. The Kier molecular flexibility index (Phi) is 3.47. The zero-order valence-electron chi connectivity index (χ0n) is 12.1. The van der Waals surface area contributed by atoms with Gasteiger partial charge in [-0.25, -0.2) is 0 Å². The van der Waals surface area contributed by atoms with Crippen molar-refractivity contribution in [3.05, 3.63) is 65.0 Å². The maximum Gasteiger partial charge on any atom is 0.0555 e. The van der Waals surface area contributed by atoms with Crippen molar-refractivity contribution in [3.8, 4) is 0 Å². The second-order valence-corrected chi connectivity index (χ2v) is 6.44. The monoisotopic (exact) mass is 353 g/mol. The molecule has 4 rings (SSSR count). The van der Waals surface area contributed by atoms with Crippen LogP contribution >= 0.6 is 15.9 Å². The molecule has 1 aliphatic heterocycles. The van der Waals surface area contributed by atoms with Crippen molar-refractivity contribution in [2.75, 3.05) is 18.0 Å².